The number of hydrogen-bond donors (Lipinski definition) is 2. The zero-order valence-electron chi connectivity index (χ0n) is 11.5. The maximum Gasteiger partial charge on any atom is 0.161 e. The Labute approximate surface area is 118 Å². The first-order chi connectivity index (χ1) is 9.60. The van der Waals surface area contributed by atoms with E-state index >= 15 is 0 Å². The van der Waals surface area contributed by atoms with E-state index in [1.165, 1.54) is 0 Å². The van der Waals surface area contributed by atoms with E-state index in [9.17, 15) is 10.2 Å². The van der Waals surface area contributed by atoms with Crippen molar-refractivity contribution in [1.82, 2.24) is 0 Å². The second-order valence-corrected chi connectivity index (χ2v) is 4.54. The van der Waals surface area contributed by atoms with Gasteiger partial charge in [-0.2, -0.15) is 0 Å². The summed E-state index contributed by atoms with van der Waals surface area (Å²) in [6, 6.07) is 12.2. The molecule has 0 aromatic heterocycles. The summed E-state index contributed by atoms with van der Waals surface area (Å²) >= 11 is 0. The zero-order chi connectivity index (χ0) is 14.5. The number of aliphatic hydroxyl groups is 1. The molecule has 2 aromatic rings. The topological polar surface area (TPSA) is 58.9 Å². The molecule has 0 aliphatic rings. The van der Waals surface area contributed by atoms with Crippen LogP contribution in [0.3, 0.4) is 0 Å². The molecule has 2 aromatic carbocycles. The van der Waals surface area contributed by atoms with E-state index in [2.05, 4.69) is 0 Å². The highest BCUT2D eigenvalue weighted by atomic mass is 16.5. The fraction of sp³-hybridized carbons (Fsp3) is 0.250. The van der Waals surface area contributed by atoms with Gasteiger partial charge in [0.15, 0.2) is 11.5 Å². The van der Waals surface area contributed by atoms with Crippen molar-refractivity contribution in [2.24, 2.45) is 0 Å². The maximum absolute atomic E-state index is 9.55. The molecule has 0 aliphatic carbocycles. The quantitative estimate of drug-likeness (QED) is 0.880. The Morgan fingerprint density at radius 2 is 1.90 bits per heavy atom. The largest absolute Gasteiger partial charge is 0.508 e. The van der Waals surface area contributed by atoms with Crippen molar-refractivity contribution in [1.29, 1.82) is 0 Å². The highest BCUT2D eigenvalue weighted by molar-refractivity contribution is 5.43. The van der Waals surface area contributed by atoms with Crippen LogP contribution in [-0.2, 0) is 6.61 Å². The van der Waals surface area contributed by atoms with Crippen LogP contribution in [0.4, 0.5) is 0 Å². The molecule has 106 valence electrons. The zero-order valence-corrected chi connectivity index (χ0v) is 11.5. The Balaban J connectivity index is 2.13. The first kappa shape index (κ1) is 14.2. The standard InChI is InChI=1S/C16H18O4/c1-11(17)13-6-7-15(16(9-13)19-2)20-10-12-4-3-5-14(18)8-12/h3-9,11,17-18H,10H2,1-2H3/t11-/m0/s1. The SMILES string of the molecule is COc1cc([C@H](C)O)ccc1OCc1cccc(O)c1. The first-order valence-electron chi connectivity index (χ1n) is 6.37. The molecular weight excluding hydrogens is 256 g/mol. The summed E-state index contributed by atoms with van der Waals surface area (Å²) in [5, 5.41) is 18.9. The minimum atomic E-state index is -0.552. The number of rotatable bonds is 5. The molecule has 1 atom stereocenters. The molecule has 0 saturated heterocycles. The number of aliphatic hydroxyl groups excluding tert-OH is 1. The molecule has 0 spiro atoms. The molecule has 2 N–H and O–H groups in total. The van der Waals surface area contributed by atoms with E-state index < -0.39 is 6.10 Å². The molecular formula is C16H18O4. The third-order valence-corrected chi connectivity index (χ3v) is 2.97. The van der Waals surface area contributed by atoms with Gasteiger partial charge in [0.05, 0.1) is 13.2 Å². The number of methoxy groups -OCH3 is 1. The number of benzene rings is 2. The third kappa shape index (κ3) is 3.42. The first-order valence-corrected chi connectivity index (χ1v) is 6.37. The normalized spacial score (nSPS) is 11.9. The Bertz CT molecular complexity index is 578. The van der Waals surface area contributed by atoms with Crippen LogP contribution in [-0.4, -0.2) is 17.3 Å². The predicted molar refractivity (Wildman–Crippen MR) is 76.1 cm³/mol. The van der Waals surface area contributed by atoms with Crippen LogP contribution >= 0.6 is 0 Å². The molecule has 0 radical (unpaired) electrons. The van der Waals surface area contributed by atoms with Crippen LogP contribution in [0.15, 0.2) is 42.5 Å². The number of ether oxygens (including phenoxy) is 2. The number of hydrogen-bond acceptors (Lipinski definition) is 4. The lowest BCUT2D eigenvalue weighted by atomic mass is 10.1. The lowest BCUT2D eigenvalue weighted by Gasteiger charge is -2.13. The van der Waals surface area contributed by atoms with Gasteiger partial charge < -0.3 is 19.7 Å². The van der Waals surface area contributed by atoms with Crippen molar-refractivity contribution in [3.63, 3.8) is 0 Å². The smallest absolute Gasteiger partial charge is 0.161 e. The summed E-state index contributed by atoms with van der Waals surface area (Å²) in [7, 11) is 1.56. The van der Waals surface area contributed by atoms with Crippen LogP contribution in [0.2, 0.25) is 0 Å². The van der Waals surface area contributed by atoms with E-state index in [0.29, 0.717) is 18.1 Å². The Morgan fingerprint density at radius 3 is 2.55 bits per heavy atom. The molecule has 0 saturated carbocycles. The van der Waals surface area contributed by atoms with Gasteiger partial charge in [-0.1, -0.05) is 18.2 Å². The second kappa shape index (κ2) is 6.30. The maximum atomic E-state index is 9.55. The van der Waals surface area contributed by atoms with Crippen molar-refractivity contribution in [2.45, 2.75) is 19.6 Å². The second-order valence-electron chi connectivity index (χ2n) is 4.54. The van der Waals surface area contributed by atoms with Crippen molar-refractivity contribution in [2.75, 3.05) is 7.11 Å². The van der Waals surface area contributed by atoms with Gasteiger partial charge in [-0.25, -0.2) is 0 Å². The average Bonchev–Trinajstić information content (AvgIpc) is 2.45. The fourth-order valence-corrected chi connectivity index (χ4v) is 1.87. The number of phenols is 1. The van der Waals surface area contributed by atoms with Crippen molar-refractivity contribution in [3.8, 4) is 17.2 Å². The highest BCUT2D eigenvalue weighted by Gasteiger charge is 2.09. The average molecular weight is 274 g/mol. The fourth-order valence-electron chi connectivity index (χ4n) is 1.87. The van der Waals surface area contributed by atoms with Crippen molar-refractivity contribution >= 4 is 0 Å². The summed E-state index contributed by atoms with van der Waals surface area (Å²) in [5.74, 6) is 1.38. The predicted octanol–water partition coefficient (Wildman–Crippen LogP) is 3.03. The summed E-state index contributed by atoms with van der Waals surface area (Å²) < 4.78 is 10.9. The highest BCUT2D eigenvalue weighted by Crippen LogP contribution is 2.31. The Morgan fingerprint density at radius 1 is 1.10 bits per heavy atom. The Hall–Kier alpha value is -2.20. The molecule has 0 heterocycles. The van der Waals surface area contributed by atoms with Gasteiger partial charge in [0, 0.05) is 0 Å². The molecule has 4 nitrogen and oxygen atoms in total. The van der Waals surface area contributed by atoms with Crippen LogP contribution in [0.1, 0.15) is 24.2 Å². The van der Waals surface area contributed by atoms with Gasteiger partial charge in [-0.05, 0) is 42.3 Å². The summed E-state index contributed by atoms with van der Waals surface area (Å²) in [6.45, 7) is 2.03. The van der Waals surface area contributed by atoms with Gasteiger partial charge in [-0.3, -0.25) is 0 Å². The van der Waals surface area contributed by atoms with E-state index in [1.807, 2.05) is 6.07 Å². The van der Waals surface area contributed by atoms with Crippen LogP contribution in [0.5, 0.6) is 17.2 Å². The van der Waals surface area contributed by atoms with E-state index in [0.717, 1.165) is 11.1 Å². The van der Waals surface area contributed by atoms with Crippen LogP contribution in [0, 0.1) is 0 Å². The van der Waals surface area contributed by atoms with E-state index in [4.69, 9.17) is 9.47 Å². The minimum Gasteiger partial charge on any atom is -0.508 e. The molecule has 4 heteroatoms. The third-order valence-electron chi connectivity index (χ3n) is 2.97. The van der Waals surface area contributed by atoms with Gasteiger partial charge in [0.1, 0.15) is 12.4 Å². The van der Waals surface area contributed by atoms with Gasteiger partial charge in [0.2, 0.25) is 0 Å². The molecule has 0 bridgehead atoms. The lowest BCUT2D eigenvalue weighted by molar-refractivity contribution is 0.198. The molecule has 2 rings (SSSR count). The molecule has 0 amide bonds. The number of phenolic OH excluding ortho intramolecular Hbond substituents is 1. The van der Waals surface area contributed by atoms with Crippen LogP contribution in [0.25, 0.3) is 0 Å². The van der Waals surface area contributed by atoms with E-state index in [-0.39, 0.29) is 5.75 Å². The summed E-state index contributed by atoms with van der Waals surface area (Å²) in [4.78, 5) is 0. The van der Waals surface area contributed by atoms with Crippen molar-refractivity contribution < 1.29 is 19.7 Å². The Kier molecular flexibility index (Phi) is 4.48. The lowest BCUT2D eigenvalue weighted by Crippen LogP contribution is -1.99. The van der Waals surface area contributed by atoms with Crippen LogP contribution < -0.4 is 9.47 Å². The van der Waals surface area contributed by atoms with Gasteiger partial charge in [0.25, 0.3) is 0 Å². The number of aromatic hydroxyl groups is 1. The van der Waals surface area contributed by atoms with E-state index in [1.54, 1.807) is 50.4 Å². The molecule has 0 aliphatic heterocycles. The van der Waals surface area contributed by atoms with Gasteiger partial charge in [-0.15, -0.1) is 0 Å². The molecule has 0 unspecified atom stereocenters. The molecule has 0 fully saturated rings. The minimum absolute atomic E-state index is 0.211. The van der Waals surface area contributed by atoms with Gasteiger partial charge >= 0.3 is 0 Å². The summed E-state index contributed by atoms with van der Waals surface area (Å²) in [5.41, 5.74) is 1.64. The monoisotopic (exact) mass is 274 g/mol. The molecule has 20 heavy (non-hydrogen) atoms. The summed E-state index contributed by atoms with van der Waals surface area (Å²) in [6.07, 6.45) is -0.552. The van der Waals surface area contributed by atoms with Crippen molar-refractivity contribution in [3.05, 3.63) is 53.6 Å².